The third kappa shape index (κ3) is 5.76. The lowest BCUT2D eigenvalue weighted by molar-refractivity contribution is -0.148. The molecule has 1 aliphatic rings. The second kappa shape index (κ2) is 10.4. The van der Waals surface area contributed by atoms with Crippen LogP contribution in [0.2, 0.25) is 10.0 Å². The van der Waals surface area contributed by atoms with Gasteiger partial charge in [0.1, 0.15) is 0 Å². The molecule has 0 saturated carbocycles. The van der Waals surface area contributed by atoms with Crippen LogP contribution in [0.3, 0.4) is 0 Å². The lowest BCUT2D eigenvalue weighted by Crippen LogP contribution is -2.43. The van der Waals surface area contributed by atoms with Gasteiger partial charge < -0.3 is 10.1 Å². The Bertz CT molecular complexity index is 1130. The summed E-state index contributed by atoms with van der Waals surface area (Å²) >= 11 is 12.3. The smallest absolute Gasteiger partial charge is 0.306 e. The molecular weight excluding hydrogens is 457 g/mol. The fraction of sp³-hybridized carbons (Fsp3) is 0.259. The van der Waals surface area contributed by atoms with Crippen LogP contribution in [-0.2, 0) is 20.7 Å². The van der Waals surface area contributed by atoms with E-state index in [9.17, 15) is 9.59 Å². The van der Waals surface area contributed by atoms with Crippen LogP contribution in [0.5, 0.6) is 0 Å². The average Bonchev–Trinajstić information content (AvgIpc) is 3.27. The van der Waals surface area contributed by atoms with E-state index in [1.165, 1.54) is 0 Å². The van der Waals surface area contributed by atoms with Crippen molar-refractivity contribution in [1.82, 2.24) is 5.32 Å². The number of halogens is 2. The van der Waals surface area contributed by atoms with Crippen molar-refractivity contribution in [3.05, 3.63) is 94.0 Å². The van der Waals surface area contributed by atoms with Gasteiger partial charge in [0.2, 0.25) is 0 Å². The van der Waals surface area contributed by atoms with E-state index < -0.39 is 6.10 Å². The van der Waals surface area contributed by atoms with Crippen molar-refractivity contribution in [2.45, 2.75) is 44.2 Å². The number of hydrogen-bond donors (Lipinski definition) is 1. The molecule has 2 unspecified atom stereocenters. The molecule has 1 heterocycles. The Morgan fingerprint density at radius 1 is 1.00 bits per heavy atom. The zero-order chi connectivity index (χ0) is 23.4. The van der Waals surface area contributed by atoms with Gasteiger partial charge in [-0.15, -0.1) is 0 Å². The molecule has 3 aromatic rings. The third-order valence-corrected chi connectivity index (χ3v) is 6.77. The summed E-state index contributed by atoms with van der Waals surface area (Å²) in [4.78, 5) is 24.1. The molecule has 1 fully saturated rings. The number of nitrogens with one attached hydrogen (secondary N) is 1. The van der Waals surface area contributed by atoms with E-state index in [1.54, 1.807) is 6.07 Å². The van der Waals surface area contributed by atoms with Crippen molar-refractivity contribution in [2.24, 2.45) is 0 Å². The number of ether oxygens (including phenoxy) is 1. The molecule has 3 aromatic carbocycles. The monoisotopic (exact) mass is 481 g/mol. The topological polar surface area (TPSA) is 55.4 Å². The van der Waals surface area contributed by atoms with Crippen molar-refractivity contribution in [2.75, 3.05) is 0 Å². The number of esters is 1. The summed E-state index contributed by atoms with van der Waals surface area (Å²) in [5.41, 5.74) is 4.39. The maximum atomic E-state index is 12.7. The number of benzene rings is 3. The van der Waals surface area contributed by atoms with Gasteiger partial charge in [0.25, 0.3) is 5.91 Å². The van der Waals surface area contributed by atoms with Gasteiger partial charge >= 0.3 is 5.97 Å². The highest BCUT2D eigenvalue weighted by atomic mass is 35.5. The van der Waals surface area contributed by atoms with Gasteiger partial charge in [-0.2, -0.15) is 0 Å². The molecule has 0 radical (unpaired) electrons. The van der Waals surface area contributed by atoms with E-state index in [4.69, 9.17) is 27.9 Å². The molecule has 4 nitrogen and oxygen atoms in total. The zero-order valence-electron chi connectivity index (χ0n) is 18.3. The van der Waals surface area contributed by atoms with E-state index in [2.05, 4.69) is 41.7 Å². The molecule has 0 aliphatic carbocycles. The molecular formula is C27H25Cl2NO3. The number of rotatable bonds is 7. The quantitative estimate of drug-likeness (QED) is 0.408. The van der Waals surface area contributed by atoms with Crippen LogP contribution >= 0.6 is 23.2 Å². The number of amides is 1. The molecule has 1 N–H and O–H groups in total. The first-order valence-electron chi connectivity index (χ1n) is 11.0. The Kier molecular flexibility index (Phi) is 7.36. The SMILES string of the molecule is CC(NC(=O)[C@@H]1CCC(=O)O1)C(Cc1ccc(Cl)c(Cl)c1)c1ccc(-c2ccccc2)cc1. The summed E-state index contributed by atoms with van der Waals surface area (Å²) < 4.78 is 5.14. The van der Waals surface area contributed by atoms with Gasteiger partial charge in [-0.3, -0.25) is 9.59 Å². The molecule has 1 saturated heterocycles. The minimum absolute atomic E-state index is 0.0203. The van der Waals surface area contributed by atoms with E-state index in [-0.39, 0.29) is 30.3 Å². The maximum Gasteiger partial charge on any atom is 0.306 e. The molecule has 0 aromatic heterocycles. The molecule has 0 spiro atoms. The number of hydrogen-bond acceptors (Lipinski definition) is 3. The fourth-order valence-electron chi connectivity index (χ4n) is 4.19. The van der Waals surface area contributed by atoms with Crippen LogP contribution < -0.4 is 5.32 Å². The second-order valence-electron chi connectivity index (χ2n) is 8.36. The van der Waals surface area contributed by atoms with Crippen molar-refractivity contribution < 1.29 is 14.3 Å². The molecule has 1 aliphatic heterocycles. The summed E-state index contributed by atoms with van der Waals surface area (Å²) in [5.74, 6) is -0.604. The van der Waals surface area contributed by atoms with E-state index >= 15 is 0 Å². The Morgan fingerprint density at radius 2 is 1.70 bits per heavy atom. The van der Waals surface area contributed by atoms with Crippen LogP contribution in [0.15, 0.2) is 72.8 Å². The van der Waals surface area contributed by atoms with E-state index in [0.29, 0.717) is 22.9 Å². The third-order valence-electron chi connectivity index (χ3n) is 6.04. The van der Waals surface area contributed by atoms with Crippen LogP contribution in [0, 0.1) is 0 Å². The van der Waals surface area contributed by atoms with Gasteiger partial charge in [0.15, 0.2) is 6.10 Å². The van der Waals surface area contributed by atoms with Gasteiger partial charge in [-0.25, -0.2) is 0 Å². The Labute approximate surface area is 203 Å². The van der Waals surface area contributed by atoms with Crippen molar-refractivity contribution in [1.29, 1.82) is 0 Å². The fourth-order valence-corrected chi connectivity index (χ4v) is 4.51. The summed E-state index contributed by atoms with van der Waals surface area (Å²) in [7, 11) is 0. The first-order chi connectivity index (χ1) is 15.9. The minimum Gasteiger partial charge on any atom is -0.452 e. The highest BCUT2D eigenvalue weighted by molar-refractivity contribution is 6.42. The molecule has 4 rings (SSSR count). The highest BCUT2D eigenvalue weighted by Gasteiger charge is 2.32. The first kappa shape index (κ1) is 23.3. The lowest BCUT2D eigenvalue weighted by Gasteiger charge is -2.27. The molecule has 33 heavy (non-hydrogen) atoms. The van der Waals surface area contributed by atoms with E-state index in [0.717, 1.165) is 22.3 Å². The van der Waals surface area contributed by atoms with Gasteiger partial charge in [0.05, 0.1) is 10.0 Å². The summed E-state index contributed by atoms with van der Waals surface area (Å²) in [6, 6.07) is 24.0. The molecule has 3 atom stereocenters. The lowest BCUT2D eigenvalue weighted by atomic mass is 9.85. The standard InChI is InChI=1S/C27H25Cl2NO3/c1-17(30-27(32)25-13-14-26(31)33-25)22(15-18-7-12-23(28)24(29)16-18)21-10-8-20(9-11-21)19-5-3-2-4-6-19/h2-12,16-17,22,25H,13-15H2,1H3,(H,30,32)/t17?,22?,25-/m0/s1. The Hall–Kier alpha value is -2.82. The van der Waals surface area contributed by atoms with Crippen LogP contribution in [0.4, 0.5) is 0 Å². The number of cyclic esters (lactones) is 1. The van der Waals surface area contributed by atoms with Crippen molar-refractivity contribution in [3.8, 4) is 11.1 Å². The zero-order valence-corrected chi connectivity index (χ0v) is 19.8. The summed E-state index contributed by atoms with van der Waals surface area (Å²) in [5, 5.41) is 4.07. The van der Waals surface area contributed by atoms with Crippen molar-refractivity contribution >= 4 is 35.1 Å². The highest BCUT2D eigenvalue weighted by Crippen LogP contribution is 2.30. The normalized spacial score (nSPS) is 17.3. The molecule has 0 bridgehead atoms. The number of carbonyl (C=O) groups is 2. The predicted octanol–water partition coefficient (Wildman–Crippen LogP) is 6.20. The number of carbonyl (C=O) groups excluding carboxylic acids is 2. The largest absolute Gasteiger partial charge is 0.452 e. The summed E-state index contributed by atoms with van der Waals surface area (Å²) in [6.07, 6.45) is 0.639. The van der Waals surface area contributed by atoms with Crippen LogP contribution in [0.1, 0.15) is 36.8 Å². The van der Waals surface area contributed by atoms with Gasteiger partial charge in [-0.1, -0.05) is 83.9 Å². The van der Waals surface area contributed by atoms with E-state index in [1.807, 2.05) is 37.3 Å². The second-order valence-corrected chi connectivity index (χ2v) is 9.18. The Morgan fingerprint density at radius 3 is 2.33 bits per heavy atom. The predicted molar refractivity (Wildman–Crippen MR) is 132 cm³/mol. The maximum absolute atomic E-state index is 12.7. The Balaban J connectivity index is 1.58. The first-order valence-corrected chi connectivity index (χ1v) is 11.8. The average molecular weight is 482 g/mol. The van der Waals surface area contributed by atoms with Crippen LogP contribution in [0.25, 0.3) is 11.1 Å². The molecule has 1 amide bonds. The van der Waals surface area contributed by atoms with Gasteiger partial charge in [0, 0.05) is 24.8 Å². The minimum atomic E-state index is -0.717. The van der Waals surface area contributed by atoms with Crippen molar-refractivity contribution in [3.63, 3.8) is 0 Å². The summed E-state index contributed by atoms with van der Waals surface area (Å²) in [6.45, 7) is 1.97. The molecule has 170 valence electrons. The van der Waals surface area contributed by atoms with Gasteiger partial charge in [-0.05, 0) is 47.7 Å². The van der Waals surface area contributed by atoms with Crippen LogP contribution in [-0.4, -0.2) is 24.0 Å². The molecule has 6 heteroatoms.